The summed E-state index contributed by atoms with van der Waals surface area (Å²) in [4.78, 5) is 46.8. The van der Waals surface area contributed by atoms with Gasteiger partial charge in [-0.25, -0.2) is 9.86 Å². The van der Waals surface area contributed by atoms with Crippen LogP contribution in [0.5, 0.6) is 0 Å². The Bertz CT molecular complexity index is 881. The summed E-state index contributed by atoms with van der Waals surface area (Å²) >= 11 is 0. The van der Waals surface area contributed by atoms with Crippen molar-refractivity contribution >= 4 is 17.9 Å². The van der Waals surface area contributed by atoms with Gasteiger partial charge in [0.1, 0.15) is 11.6 Å². The topological polar surface area (TPSA) is 97.4 Å². The SMILES string of the molecule is COC(C(C)C(=O)NC(Cc1ccccc1)C(=O)N1CCCCO1)[C@@H]1CCCN1C(=O)OC(C)(C)C. The van der Waals surface area contributed by atoms with E-state index in [1.165, 1.54) is 5.06 Å². The van der Waals surface area contributed by atoms with Crippen LogP contribution in [0.1, 0.15) is 58.9 Å². The van der Waals surface area contributed by atoms with Gasteiger partial charge in [0, 0.05) is 26.6 Å². The van der Waals surface area contributed by atoms with Crippen LogP contribution in [0.4, 0.5) is 4.79 Å². The number of nitrogens with zero attached hydrogens (tertiary/aromatic N) is 2. The van der Waals surface area contributed by atoms with E-state index in [1.54, 1.807) is 18.9 Å². The highest BCUT2D eigenvalue weighted by atomic mass is 16.7. The second kappa shape index (κ2) is 12.5. The van der Waals surface area contributed by atoms with Crippen LogP contribution in [0.15, 0.2) is 30.3 Å². The number of hydrogen-bond acceptors (Lipinski definition) is 6. The van der Waals surface area contributed by atoms with Crippen molar-refractivity contribution in [1.29, 1.82) is 0 Å². The zero-order valence-corrected chi connectivity index (χ0v) is 22.2. The molecule has 0 aliphatic carbocycles. The Balaban J connectivity index is 1.73. The highest BCUT2D eigenvalue weighted by molar-refractivity contribution is 5.88. The third kappa shape index (κ3) is 7.43. The van der Waals surface area contributed by atoms with E-state index >= 15 is 0 Å². The quantitative estimate of drug-likeness (QED) is 0.585. The molecule has 1 aromatic rings. The molecule has 2 aliphatic heterocycles. The fourth-order valence-electron chi connectivity index (χ4n) is 4.82. The zero-order valence-electron chi connectivity index (χ0n) is 22.2. The van der Waals surface area contributed by atoms with Crippen molar-refractivity contribution in [2.75, 3.05) is 26.8 Å². The van der Waals surface area contributed by atoms with Crippen LogP contribution >= 0.6 is 0 Å². The van der Waals surface area contributed by atoms with Gasteiger partial charge >= 0.3 is 6.09 Å². The molecule has 2 aliphatic rings. The smallest absolute Gasteiger partial charge is 0.410 e. The minimum atomic E-state index is -0.775. The molecule has 9 nitrogen and oxygen atoms in total. The number of likely N-dealkylation sites (tertiary alicyclic amines) is 1. The average Bonchev–Trinajstić information content (AvgIpc) is 3.33. The molecule has 3 amide bonds. The molecule has 4 atom stereocenters. The van der Waals surface area contributed by atoms with Gasteiger partial charge < -0.3 is 19.7 Å². The molecule has 0 spiro atoms. The van der Waals surface area contributed by atoms with Gasteiger partial charge in [0.15, 0.2) is 0 Å². The van der Waals surface area contributed by atoms with Gasteiger partial charge in [-0.15, -0.1) is 0 Å². The number of carbonyl (C=O) groups excluding carboxylic acids is 3. The monoisotopic (exact) mass is 503 g/mol. The van der Waals surface area contributed by atoms with E-state index in [-0.39, 0.29) is 17.9 Å². The Hall–Kier alpha value is -2.65. The number of methoxy groups -OCH3 is 1. The molecule has 200 valence electrons. The molecule has 2 saturated heterocycles. The molecule has 0 radical (unpaired) electrons. The van der Waals surface area contributed by atoms with Crippen molar-refractivity contribution in [2.45, 2.75) is 83.6 Å². The number of rotatable bonds is 8. The molecule has 0 bridgehead atoms. The van der Waals surface area contributed by atoms with Crippen LogP contribution in [0, 0.1) is 5.92 Å². The first kappa shape index (κ1) is 27.9. The Kier molecular flexibility index (Phi) is 9.73. The Morgan fingerprint density at radius 2 is 1.83 bits per heavy atom. The largest absolute Gasteiger partial charge is 0.444 e. The molecule has 0 aromatic heterocycles. The van der Waals surface area contributed by atoms with Crippen LogP contribution in [0.2, 0.25) is 0 Å². The minimum Gasteiger partial charge on any atom is -0.444 e. The van der Waals surface area contributed by atoms with E-state index in [1.807, 2.05) is 51.1 Å². The first-order valence-electron chi connectivity index (χ1n) is 12.9. The van der Waals surface area contributed by atoms with Gasteiger partial charge in [-0.05, 0) is 52.0 Å². The number of carbonyl (C=O) groups is 3. The third-order valence-corrected chi connectivity index (χ3v) is 6.63. The highest BCUT2D eigenvalue weighted by Crippen LogP contribution is 2.28. The average molecular weight is 504 g/mol. The first-order chi connectivity index (χ1) is 17.1. The summed E-state index contributed by atoms with van der Waals surface area (Å²) in [6, 6.07) is 8.53. The van der Waals surface area contributed by atoms with Crippen molar-refractivity contribution in [3.05, 3.63) is 35.9 Å². The summed E-state index contributed by atoms with van der Waals surface area (Å²) in [5, 5.41) is 4.33. The number of nitrogens with one attached hydrogen (secondary N) is 1. The number of hydrogen-bond donors (Lipinski definition) is 1. The minimum absolute atomic E-state index is 0.260. The van der Waals surface area contributed by atoms with E-state index in [9.17, 15) is 14.4 Å². The summed E-state index contributed by atoms with van der Waals surface area (Å²) in [7, 11) is 1.55. The summed E-state index contributed by atoms with van der Waals surface area (Å²) in [5.41, 5.74) is 0.327. The maximum atomic E-state index is 13.5. The predicted octanol–water partition coefficient (Wildman–Crippen LogP) is 3.32. The van der Waals surface area contributed by atoms with Gasteiger partial charge in [-0.2, -0.15) is 0 Å². The Labute approximate surface area is 214 Å². The summed E-state index contributed by atoms with van der Waals surface area (Å²) in [6.07, 6.45) is 2.69. The number of amides is 3. The van der Waals surface area contributed by atoms with E-state index in [0.717, 1.165) is 24.8 Å². The van der Waals surface area contributed by atoms with Crippen molar-refractivity contribution in [3.8, 4) is 0 Å². The van der Waals surface area contributed by atoms with Gasteiger partial charge in [0.2, 0.25) is 5.91 Å². The molecule has 3 unspecified atom stereocenters. The number of benzene rings is 1. The summed E-state index contributed by atoms with van der Waals surface area (Å²) < 4.78 is 11.4. The van der Waals surface area contributed by atoms with Gasteiger partial charge in [-0.3, -0.25) is 14.4 Å². The number of hydroxylamine groups is 2. The lowest BCUT2D eigenvalue weighted by Crippen LogP contribution is -2.55. The second-order valence-electron chi connectivity index (χ2n) is 10.6. The molecule has 3 rings (SSSR count). The molecular weight excluding hydrogens is 462 g/mol. The summed E-state index contributed by atoms with van der Waals surface area (Å²) in [5.74, 6) is -1.16. The molecule has 1 aromatic carbocycles. The first-order valence-corrected chi connectivity index (χ1v) is 12.9. The normalized spacial score (nSPS) is 21.0. The van der Waals surface area contributed by atoms with Crippen molar-refractivity contribution < 1.29 is 28.7 Å². The molecular formula is C27H41N3O6. The lowest BCUT2D eigenvalue weighted by atomic mass is 9.94. The van der Waals surface area contributed by atoms with Crippen molar-refractivity contribution in [3.63, 3.8) is 0 Å². The highest BCUT2D eigenvalue weighted by Gasteiger charge is 2.42. The van der Waals surface area contributed by atoms with Crippen LogP contribution in [0.25, 0.3) is 0 Å². The molecule has 0 saturated carbocycles. The number of ether oxygens (including phenoxy) is 2. The Morgan fingerprint density at radius 3 is 2.44 bits per heavy atom. The van der Waals surface area contributed by atoms with E-state index in [0.29, 0.717) is 32.5 Å². The standard InChI is InChI=1S/C27H41N3O6/c1-19(23(34-5)22-14-11-15-29(22)26(33)36-27(2,3)4)24(31)28-21(18-20-12-7-6-8-13-20)25(32)30-16-9-10-17-35-30/h6-8,12-13,19,21-23H,9-11,14-18H2,1-5H3,(H,28,31)/t19?,21?,22-,23?/m0/s1. The maximum Gasteiger partial charge on any atom is 0.410 e. The Morgan fingerprint density at radius 1 is 1.11 bits per heavy atom. The lowest BCUT2D eigenvalue weighted by molar-refractivity contribution is -0.199. The predicted molar refractivity (Wildman–Crippen MR) is 135 cm³/mol. The zero-order chi connectivity index (χ0) is 26.3. The molecule has 2 fully saturated rings. The second-order valence-corrected chi connectivity index (χ2v) is 10.6. The molecule has 2 heterocycles. The summed E-state index contributed by atoms with van der Waals surface area (Å²) in [6.45, 7) is 8.80. The van der Waals surface area contributed by atoms with Crippen LogP contribution in [0.3, 0.4) is 0 Å². The maximum absolute atomic E-state index is 13.5. The van der Waals surface area contributed by atoms with Crippen molar-refractivity contribution in [1.82, 2.24) is 15.3 Å². The van der Waals surface area contributed by atoms with Crippen LogP contribution < -0.4 is 5.32 Å². The lowest BCUT2D eigenvalue weighted by Gasteiger charge is -2.35. The van der Waals surface area contributed by atoms with E-state index in [4.69, 9.17) is 14.3 Å². The van der Waals surface area contributed by atoms with E-state index < -0.39 is 29.8 Å². The van der Waals surface area contributed by atoms with E-state index in [2.05, 4.69) is 5.32 Å². The van der Waals surface area contributed by atoms with Crippen molar-refractivity contribution in [2.24, 2.45) is 5.92 Å². The van der Waals surface area contributed by atoms with Gasteiger partial charge in [-0.1, -0.05) is 37.3 Å². The fraction of sp³-hybridized carbons (Fsp3) is 0.667. The third-order valence-electron chi connectivity index (χ3n) is 6.63. The van der Waals surface area contributed by atoms with Crippen LogP contribution in [-0.4, -0.2) is 78.5 Å². The fourth-order valence-corrected chi connectivity index (χ4v) is 4.82. The molecule has 9 heteroatoms. The molecule has 36 heavy (non-hydrogen) atoms. The van der Waals surface area contributed by atoms with Crippen LogP contribution in [-0.2, 0) is 30.3 Å². The van der Waals surface area contributed by atoms with Gasteiger partial charge in [0.05, 0.1) is 24.7 Å². The molecule has 1 N–H and O–H groups in total. The van der Waals surface area contributed by atoms with Gasteiger partial charge in [0.25, 0.3) is 5.91 Å².